The zero-order valence-corrected chi connectivity index (χ0v) is 16.7. The van der Waals surface area contributed by atoms with Gasteiger partial charge in [0.2, 0.25) is 0 Å². The molecule has 0 aliphatic carbocycles. The van der Waals surface area contributed by atoms with Crippen LogP contribution in [-0.2, 0) is 5.60 Å². The molecule has 150 valence electrons. The highest BCUT2D eigenvalue weighted by Crippen LogP contribution is 2.39. The first kappa shape index (κ1) is 22.0. The molecule has 3 rings (SSSR count). The van der Waals surface area contributed by atoms with Crippen molar-refractivity contribution in [1.29, 1.82) is 0 Å². The Bertz CT molecular complexity index is 684. The van der Waals surface area contributed by atoms with E-state index in [0.29, 0.717) is 0 Å². The fourth-order valence-electron chi connectivity index (χ4n) is 2.64. The summed E-state index contributed by atoms with van der Waals surface area (Å²) in [7, 11) is 1.00. The van der Waals surface area contributed by atoms with Crippen molar-refractivity contribution in [1.82, 2.24) is 4.31 Å². The van der Waals surface area contributed by atoms with Gasteiger partial charge in [-0.15, -0.1) is 11.3 Å². The molecule has 1 saturated heterocycles. The highest BCUT2D eigenvalue weighted by Gasteiger charge is 2.51. The van der Waals surface area contributed by atoms with Crippen molar-refractivity contribution in [3.05, 3.63) is 47.3 Å². The highest BCUT2D eigenvalue weighted by molar-refractivity contribution is 7.98. The lowest BCUT2D eigenvalue weighted by Crippen LogP contribution is -2.43. The molecular formula is C18H23F3N2O2S2. The lowest BCUT2D eigenvalue weighted by atomic mass is 9.95. The second-order valence-electron chi connectivity index (χ2n) is 6.06. The lowest BCUT2D eigenvalue weighted by Gasteiger charge is -2.35. The van der Waals surface area contributed by atoms with Crippen LogP contribution in [0.4, 0.5) is 18.9 Å². The number of halogens is 3. The van der Waals surface area contributed by atoms with Crippen LogP contribution >= 0.6 is 23.3 Å². The Balaban J connectivity index is 0.00000126. The number of alkyl halides is 3. The van der Waals surface area contributed by atoms with Crippen molar-refractivity contribution in [3.8, 4) is 0 Å². The first-order valence-electron chi connectivity index (χ1n) is 8.33. The summed E-state index contributed by atoms with van der Waals surface area (Å²) in [4.78, 5) is 2.15. The number of piperazine rings is 1. The number of nitrogens with zero attached hydrogens (tertiary/aromatic N) is 2. The first-order valence-corrected chi connectivity index (χ1v) is 9.98. The molecule has 0 radical (unpaired) electrons. The lowest BCUT2D eigenvalue weighted by molar-refractivity contribution is -0.258. The van der Waals surface area contributed by atoms with Gasteiger partial charge in [-0.05, 0) is 48.0 Å². The molecule has 2 N–H and O–H groups in total. The second-order valence-corrected chi connectivity index (χ2v) is 8.40. The van der Waals surface area contributed by atoms with Gasteiger partial charge in [0.1, 0.15) is 0 Å². The Hall–Kier alpha value is -1.26. The summed E-state index contributed by atoms with van der Waals surface area (Å²) in [5, 5.41) is 18.8. The van der Waals surface area contributed by atoms with E-state index in [4.69, 9.17) is 5.11 Å². The molecule has 2 aromatic rings. The number of thiophene rings is 1. The van der Waals surface area contributed by atoms with E-state index in [1.807, 2.05) is 6.07 Å². The smallest absolute Gasteiger partial charge is 0.400 e. The summed E-state index contributed by atoms with van der Waals surface area (Å²) in [6.07, 6.45) is -4.70. The molecule has 1 unspecified atom stereocenters. The minimum atomic E-state index is -4.70. The van der Waals surface area contributed by atoms with Crippen LogP contribution in [0.3, 0.4) is 0 Å². The fourth-order valence-corrected chi connectivity index (χ4v) is 4.48. The monoisotopic (exact) mass is 420 g/mol. The van der Waals surface area contributed by atoms with E-state index in [1.54, 1.807) is 35.4 Å². The molecule has 1 atom stereocenters. The Morgan fingerprint density at radius 3 is 2.07 bits per heavy atom. The molecule has 0 spiro atoms. The van der Waals surface area contributed by atoms with E-state index in [0.717, 1.165) is 45.9 Å². The van der Waals surface area contributed by atoms with Crippen LogP contribution < -0.4 is 4.90 Å². The fraction of sp³-hybridized carbons (Fsp3) is 0.444. The van der Waals surface area contributed by atoms with Crippen LogP contribution in [0.15, 0.2) is 46.0 Å². The minimum absolute atomic E-state index is 0.143. The van der Waals surface area contributed by atoms with Gasteiger partial charge in [-0.25, -0.2) is 4.31 Å². The number of hydrogen-bond acceptors (Lipinski definition) is 6. The van der Waals surface area contributed by atoms with Crippen molar-refractivity contribution in [2.75, 3.05) is 38.2 Å². The van der Waals surface area contributed by atoms with E-state index in [2.05, 4.69) is 20.7 Å². The van der Waals surface area contributed by atoms with Gasteiger partial charge in [0, 0.05) is 39.0 Å². The van der Waals surface area contributed by atoms with E-state index in [9.17, 15) is 18.3 Å². The Morgan fingerprint density at radius 1 is 1.00 bits per heavy atom. The minimum Gasteiger partial charge on any atom is -0.400 e. The van der Waals surface area contributed by atoms with Crippen LogP contribution in [0.2, 0.25) is 0 Å². The second kappa shape index (κ2) is 9.29. The molecule has 1 aromatic heterocycles. The van der Waals surface area contributed by atoms with Crippen LogP contribution in [-0.4, -0.2) is 54.0 Å². The van der Waals surface area contributed by atoms with Gasteiger partial charge >= 0.3 is 6.18 Å². The summed E-state index contributed by atoms with van der Waals surface area (Å²) in [6, 6.07) is 10.1. The number of hydrogen-bond donors (Lipinski definition) is 2. The summed E-state index contributed by atoms with van der Waals surface area (Å²) in [5.41, 5.74) is -2.10. The third kappa shape index (κ3) is 5.39. The molecule has 9 heteroatoms. The summed E-state index contributed by atoms with van der Waals surface area (Å²) < 4.78 is 42.3. The van der Waals surface area contributed by atoms with Crippen molar-refractivity contribution in [2.24, 2.45) is 0 Å². The van der Waals surface area contributed by atoms with Crippen molar-refractivity contribution < 1.29 is 23.4 Å². The maximum atomic E-state index is 12.9. The SMILES string of the molecule is CC(O)(c1ccc(N2CCN(Sc3cccs3)CC2)cc1)C(F)(F)F.CO. The average molecular weight is 421 g/mol. The van der Waals surface area contributed by atoms with Gasteiger partial charge in [-0.3, -0.25) is 0 Å². The van der Waals surface area contributed by atoms with Crippen LogP contribution in [0.1, 0.15) is 12.5 Å². The summed E-state index contributed by atoms with van der Waals surface area (Å²) in [5.74, 6) is 0. The van der Waals surface area contributed by atoms with Gasteiger partial charge in [-0.2, -0.15) is 13.2 Å². The van der Waals surface area contributed by atoms with Gasteiger partial charge in [0.15, 0.2) is 5.60 Å². The molecule has 27 heavy (non-hydrogen) atoms. The van der Waals surface area contributed by atoms with E-state index >= 15 is 0 Å². The van der Waals surface area contributed by atoms with E-state index in [-0.39, 0.29) is 5.56 Å². The Labute approximate surface area is 165 Å². The number of rotatable bonds is 4. The van der Waals surface area contributed by atoms with Gasteiger partial charge in [0.25, 0.3) is 0 Å². The standard InChI is InChI=1S/C17H19F3N2OS2.CH4O/c1-16(23,17(18,19)20)13-4-6-14(7-5-13)21-8-10-22(11-9-21)25-15-3-2-12-24-15;1-2/h2-7,12,23H,8-11H2,1H3;2H,1H3. The molecule has 0 bridgehead atoms. The predicted molar refractivity (Wildman–Crippen MR) is 104 cm³/mol. The largest absolute Gasteiger partial charge is 0.421 e. The molecule has 4 nitrogen and oxygen atoms in total. The number of anilines is 1. The molecule has 0 saturated carbocycles. The molecular weight excluding hydrogens is 397 g/mol. The average Bonchev–Trinajstić information content (AvgIpc) is 3.16. The first-order chi connectivity index (χ1) is 12.8. The summed E-state index contributed by atoms with van der Waals surface area (Å²) >= 11 is 3.46. The Kier molecular flexibility index (Phi) is 7.58. The normalized spacial score (nSPS) is 17.8. The van der Waals surface area contributed by atoms with Crippen LogP contribution in [0.5, 0.6) is 0 Å². The topological polar surface area (TPSA) is 46.9 Å². The van der Waals surface area contributed by atoms with Crippen molar-refractivity contribution in [3.63, 3.8) is 0 Å². The number of aliphatic hydroxyl groups is 2. The van der Waals surface area contributed by atoms with Crippen LogP contribution in [0, 0.1) is 0 Å². The molecule has 1 aromatic carbocycles. The third-order valence-electron chi connectivity index (χ3n) is 4.30. The number of benzene rings is 1. The maximum Gasteiger partial charge on any atom is 0.421 e. The van der Waals surface area contributed by atoms with Crippen LogP contribution in [0.25, 0.3) is 0 Å². The highest BCUT2D eigenvalue weighted by atomic mass is 32.2. The van der Waals surface area contributed by atoms with E-state index < -0.39 is 11.8 Å². The van der Waals surface area contributed by atoms with Crippen molar-refractivity contribution >= 4 is 29.0 Å². The molecule has 1 fully saturated rings. The third-order valence-corrected chi connectivity index (χ3v) is 6.41. The van der Waals surface area contributed by atoms with Crippen molar-refractivity contribution in [2.45, 2.75) is 22.9 Å². The molecule has 1 aliphatic heterocycles. The summed E-state index contributed by atoms with van der Waals surface area (Å²) in [6.45, 7) is 4.17. The quantitative estimate of drug-likeness (QED) is 0.734. The van der Waals surface area contributed by atoms with Gasteiger partial charge < -0.3 is 15.1 Å². The van der Waals surface area contributed by atoms with Gasteiger partial charge in [-0.1, -0.05) is 18.2 Å². The number of aliphatic hydroxyl groups excluding tert-OH is 1. The zero-order chi connectivity index (χ0) is 20.1. The maximum absolute atomic E-state index is 12.9. The predicted octanol–water partition coefficient (Wildman–Crippen LogP) is 3.96. The molecule has 2 heterocycles. The Morgan fingerprint density at radius 2 is 1.59 bits per heavy atom. The van der Waals surface area contributed by atoms with Gasteiger partial charge in [0.05, 0.1) is 4.21 Å². The van der Waals surface area contributed by atoms with E-state index in [1.165, 1.54) is 16.3 Å². The molecule has 0 amide bonds. The zero-order valence-electron chi connectivity index (χ0n) is 15.1. The molecule has 1 aliphatic rings.